The first-order valence-corrected chi connectivity index (χ1v) is 6.01. The van der Waals surface area contributed by atoms with E-state index in [4.69, 9.17) is 11.5 Å². The van der Waals surface area contributed by atoms with Crippen LogP contribution in [-0.4, -0.2) is 50.1 Å². The molecule has 0 unspecified atom stereocenters. The minimum atomic E-state index is -0.431. The maximum atomic E-state index is 12.2. The molecule has 0 atom stereocenters. The van der Waals surface area contributed by atoms with E-state index in [1.165, 1.54) is 7.11 Å². The second-order valence-corrected chi connectivity index (χ2v) is 3.94. The van der Waals surface area contributed by atoms with Gasteiger partial charge in [0.25, 0.3) is 5.91 Å². The number of amides is 1. The van der Waals surface area contributed by atoms with Crippen LogP contribution < -0.4 is 11.5 Å². The van der Waals surface area contributed by atoms with E-state index in [0.717, 1.165) is 0 Å². The summed E-state index contributed by atoms with van der Waals surface area (Å²) < 4.78 is 4.59. The fraction of sp³-hybridized carbons (Fsp3) is 0.385. The summed E-state index contributed by atoms with van der Waals surface area (Å²) in [7, 11) is 1.31. The zero-order valence-corrected chi connectivity index (χ0v) is 11.0. The predicted molar refractivity (Wildman–Crippen MR) is 71.8 cm³/mol. The molecule has 1 rings (SSSR count). The normalized spacial score (nSPS) is 10.1. The monoisotopic (exact) mass is 265 g/mol. The molecule has 0 aliphatic heterocycles. The summed E-state index contributed by atoms with van der Waals surface area (Å²) >= 11 is 0. The highest BCUT2D eigenvalue weighted by Crippen LogP contribution is 2.08. The van der Waals surface area contributed by atoms with Crippen molar-refractivity contribution in [2.24, 2.45) is 11.5 Å². The zero-order chi connectivity index (χ0) is 14.3. The van der Waals surface area contributed by atoms with Gasteiger partial charge in [0.05, 0.1) is 12.7 Å². The molecule has 4 N–H and O–H groups in total. The molecule has 1 aromatic rings. The van der Waals surface area contributed by atoms with Crippen LogP contribution in [0.4, 0.5) is 0 Å². The average Bonchev–Trinajstić information content (AvgIpc) is 2.45. The molecule has 1 amide bonds. The molecule has 0 heterocycles. The van der Waals surface area contributed by atoms with Crippen molar-refractivity contribution in [3.05, 3.63) is 35.4 Å². The van der Waals surface area contributed by atoms with Crippen molar-refractivity contribution in [2.45, 2.75) is 0 Å². The first-order chi connectivity index (χ1) is 9.13. The maximum Gasteiger partial charge on any atom is 0.337 e. The smallest absolute Gasteiger partial charge is 0.337 e. The number of ether oxygens (including phenoxy) is 1. The van der Waals surface area contributed by atoms with Gasteiger partial charge >= 0.3 is 5.97 Å². The minimum absolute atomic E-state index is 0.146. The highest BCUT2D eigenvalue weighted by atomic mass is 16.5. The molecule has 0 radical (unpaired) electrons. The molecule has 104 valence electrons. The van der Waals surface area contributed by atoms with E-state index >= 15 is 0 Å². The highest BCUT2D eigenvalue weighted by molar-refractivity contribution is 5.96. The quantitative estimate of drug-likeness (QED) is 0.696. The number of hydrogen-bond acceptors (Lipinski definition) is 5. The minimum Gasteiger partial charge on any atom is -0.465 e. The summed E-state index contributed by atoms with van der Waals surface area (Å²) in [6.45, 7) is 1.67. The standard InChI is InChI=1S/C13H19N3O3/c1-19-13(18)11-4-2-10(3-5-11)12(17)16(8-6-14)9-7-15/h2-5H,6-9,14-15H2,1H3. The molecule has 0 bridgehead atoms. The SMILES string of the molecule is COC(=O)c1ccc(C(=O)N(CCN)CCN)cc1. The largest absolute Gasteiger partial charge is 0.465 e. The van der Waals surface area contributed by atoms with Crippen LogP contribution in [0.2, 0.25) is 0 Å². The van der Waals surface area contributed by atoms with Crippen LogP contribution in [0.5, 0.6) is 0 Å². The Hall–Kier alpha value is -1.92. The van der Waals surface area contributed by atoms with Gasteiger partial charge in [0.1, 0.15) is 0 Å². The topological polar surface area (TPSA) is 98.7 Å². The van der Waals surface area contributed by atoms with Crippen LogP contribution in [0.25, 0.3) is 0 Å². The molecule has 1 aromatic carbocycles. The molecule has 0 aliphatic rings. The van der Waals surface area contributed by atoms with Crippen molar-refractivity contribution in [3.63, 3.8) is 0 Å². The fourth-order valence-corrected chi connectivity index (χ4v) is 1.68. The lowest BCUT2D eigenvalue weighted by molar-refractivity contribution is 0.0600. The summed E-state index contributed by atoms with van der Waals surface area (Å²) in [5.74, 6) is -0.577. The molecule has 0 spiro atoms. The van der Waals surface area contributed by atoms with Crippen molar-refractivity contribution in [1.29, 1.82) is 0 Å². The lowest BCUT2D eigenvalue weighted by Crippen LogP contribution is -2.38. The van der Waals surface area contributed by atoms with Crippen molar-refractivity contribution < 1.29 is 14.3 Å². The number of carbonyl (C=O) groups is 2. The van der Waals surface area contributed by atoms with E-state index in [9.17, 15) is 9.59 Å². The Morgan fingerprint density at radius 1 is 1.05 bits per heavy atom. The van der Waals surface area contributed by atoms with Gasteiger partial charge in [0.2, 0.25) is 0 Å². The van der Waals surface area contributed by atoms with Crippen molar-refractivity contribution >= 4 is 11.9 Å². The van der Waals surface area contributed by atoms with Crippen LogP contribution in [-0.2, 0) is 4.74 Å². The molecule has 0 aromatic heterocycles. The number of nitrogens with two attached hydrogens (primary N) is 2. The van der Waals surface area contributed by atoms with Crippen LogP contribution in [0.15, 0.2) is 24.3 Å². The van der Waals surface area contributed by atoms with Crippen molar-refractivity contribution in [2.75, 3.05) is 33.3 Å². The molecule has 6 heteroatoms. The van der Waals surface area contributed by atoms with E-state index in [0.29, 0.717) is 37.3 Å². The maximum absolute atomic E-state index is 12.2. The van der Waals surface area contributed by atoms with Gasteiger partial charge in [-0.25, -0.2) is 4.79 Å². The Labute approximate surface area is 112 Å². The second kappa shape index (κ2) is 7.50. The van der Waals surface area contributed by atoms with E-state index in [-0.39, 0.29) is 5.91 Å². The molecule has 6 nitrogen and oxygen atoms in total. The van der Waals surface area contributed by atoms with Gasteiger partial charge in [-0.05, 0) is 24.3 Å². The van der Waals surface area contributed by atoms with Crippen LogP contribution >= 0.6 is 0 Å². The summed E-state index contributed by atoms with van der Waals surface area (Å²) in [6.07, 6.45) is 0. The number of carbonyl (C=O) groups excluding carboxylic acids is 2. The summed E-state index contributed by atoms with van der Waals surface area (Å²) in [5, 5.41) is 0. The van der Waals surface area contributed by atoms with Gasteiger partial charge in [0.15, 0.2) is 0 Å². The number of rotatable bonds is 6. The first-order valence-electron chi connectivity index (χ1n) is 6.01. The van der Waals surface area contributed by atoms with Crippen molar-refractivity contribution in [3.8, 4) is 0 Å². The molecular formula is C13H19N3O3. The summed E-state index contributed by atoms with van der Waals surface area (Å²) in [4.78, 5) is 25.0. The van der Waals surface area contributed by atoms with Crippen LogP contribution in [0, 0.1) is 0 Å². The Morgan fingerprint density at radius 3 is 1.95 bits per heavy atom. The zero-order valence-electron chi connectivity index (χ0n) is 11.0. The van der Waals surface area contributed by atoms with E-state index in [2.05, 4.69) is 4.74 Å². The molecule has 0 fully saturated rings. The highest BCUT2D eigenvalue weighted by Gasteiger charge is 2.15. The number of methoxy groups -OCH3 is 1. The predicted octanol–water partition coefficient (Wildman–Crippen LogP) is -0.167. The Bertz CT molecular complexity index is 425. The lowest BCUT2D eigenvalue weighted by atomic mass is 10.1. The number of esters is 1. The van der Waals surface area contributed by atoms with Crippen LogP contribution in [0.1, 0.15) is 20.7 Å². The van der Waals surface area contributed by atoms with Gasteiger partial charge < -0.3 is 21.1 Å². The molecule has 0 aliphatic carbocycles. The number of hydrogen-bond donors (Lipinski definition) is 2. The molecule has 0 saturated carbocycles. The van der Waals surface area contributed by atoms with Gasteiger partial charge in [-0.1, -0.05) is 0 Å². The Morgan fingerprint density at radius 2 is 1.53 bits per heavy atom. The number of benzene rings is 1. The second-order valence-electron chi connectivity index (χ2n) is 3.94. The third-order valence-corrected chi connectivity index (χ3v) is 2.64. The van der Waals surface area contributed by atoms with Crippen molar-refractivity contribution in [1.82, 2.24) is 4.90 Å². The van der Waals surface area contributed by atoms with E-state index in [1.807, 2.05) is 0 Å². The summed E-state index contributed by atoms with van der Waals surface area (Å²) in [5.41, 5.74) is 11.8. The van der Waals surface area contributed by atoms with E-state index in [1.54, 1.807) is 29.2 Å². The Balaban J connectivity index is 2.83. The third-order valence-electron chi connectivity index (χ3n) is 2.64. The number of nitrogens with zero attached hydrogens (tertiary/aromatic N) is 1. The first kappa shape index (κ1) is 15.1. The van der Waals surface area contributed by atoms with Gasteiger partial charge in [0, 0.05) is 31.7 Å². The fourth-order valence-electron chi connectivity index (χ4n) is 1.68. The molecular weight excluding hydrogens is 246 g/mol. The van der Waals surface area contributed by atoms with Crippen LogP contribution in [0.3, 0.4) is 0 Å². The molecule has 19 heavy (non-hydrogen) atoms. The van der Waals surface area contributed by atoms with Gasteiger partial charge in [-0.3, -0.25) is 4.79 Å². The Kier molecular flexibility index (Phi) is 5.98. The van der Waals surface area contributed by atoms with Gasteiger partial charge in [-0.2, -0.15) is 0 Å². The lowest BCUT2D eigenvalue weighted by Gasteiger charge is -2.21. The average molecular weight is 265 g/mol. The third kappa shape index (κ3) is 4.04. The van der Waals surface area contributed by atoms with Gasteiger partial charge in [-0.15, -0.1) is 0 Å². The summed E-state index contributed by atoms with van der Waals surface area (Å²) in [6, 6.07) is 6.30. The molecule has 0 saturated heterocycles. The van der Waals surface area contributed by atoms with E-state index < -0.39 is 5.97 Å².